The summed E-state index contributed by atoms with van der Waals surface area (Å²) < 4.78 is 1.93. The molecule has 0 unspecified atom stereocenters. The van der Waals surface area contributed by atoms with Crippen molar-refractivity contribution in [1.82, 2.24) is 19.9 Å². The average molecular weight is 292 g/mol. The molecule has 3 rings (SSSR count). The minimum Gasteiger partial charge on any atom is -0.346 e. The summed E-state index contributed by atoms with van der Waals surface area (Å²) in [5, 5.41) is 2.98. The van der Waals surface area contributed by atoms with Crippen LogP contribution in [0.5, 0.6) is 0 Å². The maximum absolute atomic E-state index is 12.1. The zero-order chi connectivity index (χ0) is 15.4. The van der Waals surface area contributed by atoms with E-state index in [1.165, 1.54) is 0 Å². The molecule has 0 spiro atoms. The van der Waals surface area contributed by atoms with E-state index in [1.807, 2.05) is 42.0 Å². The summed E-state index contributed by atoms with van der Waals surface area (Å²) in [6, 6.07) is 11.4. The van der Waals surface area contributed by atoms with E-state index in [1.54, 1.807) is 37.1 Å². The molecule has 0 aliphatic rings. The molecule has 0 saturated heterocycles. The maximum Gasteiger partial charge on any atom is 0.251 e. The standard InChI is InChI=1S/C17H16N4O/c1-13(20-17(22)15-6-8-18-9-7-15)14-2-4-16(5-3-14)21-11-10-19-12-21/h2-13H,1H3,(H,20,22)/t13-/m0/s1. The Balaban J connectivity index is 1.70. The minimum atomic E-state index is -0.103. The van der Waals surface area contributed by atoms with Crippen molar-refractivity contribution in [2.75, 3.05) is 0 Å². The molecule has 3 aromatic rings. The van der Waals surface area contributed by atoms with E-state index in [0.717, 1.165) is 11.3 Å². The molecule has 5 nitrogen and oxygen atoms in total. The summed E-state index contributed by atoms with van der Waals surface area (Å²) in [4.78, 5) is 20.1. The molecule has 1 amide bonds. The van der Waals surface area contributed by atoms with Crippen molar-refractivity contribution in [3.63, 3.8) is 0 Å². The van der Waals surface area contributed by atoms with Gasteiger partial charge in [-0.2, -0.15) is 0 Å². The van der Waals surface area contributed by atoms with Gasteiger partial charge < -0.3 is 9.88 Å². The predicted octanol–water partition coefficient (Wildman–Crippen LogP) is 2.76. The number of nitrogens with zero attached hydrogens (tertiary/aromatic N) is 3. The Kier molecular flexibility index (Phi) is 3.96. The van der Waals surface area contributed by atoms with E-state index in [-0.39, 0.29) is 11.9 Å². The Morgan fingerprint density at radius 1 is 1.05 bits per heavy atom. The molecule has 0 fully saturated rings. The molecule has 5 heteroatoms. The van der Waals surface area contributed by atoms with Gasteiger partial charge in [-0.1, -0.05) is 12.1 Å². The Hall–Kier alpha value is -2.95. The largest absolute Gasteiger partial charge is 0.346 e. The molecule has 0 radical (unpaired) electrons. The van der Waals surface area contributed by atoms with Gasteiger partial charge in [0.2, 0.25) is 0 Å². The fourth-order valence-electron chi connectivity index (χ4n) is 2.21. The van der Waals surface area contributed by atoms with E-state index in [0.29, 0.717) is 5.56 Å². The second kappa shape index (κ2) is 6.22. The van der Waals surface area contributed by atoms with Crippen molar-refractivity contribution in [1.29, 1.82) is 0 Å². The zero-order valence-corrected chi connectivity index (χ0v) is 12.2. The van der Waals surface area contributed by atoms with Gasteiger partial charge in [0.25, 0.3) is 5.91 Å². The third-order valence-corrected chi connectivity index (χ3v) is 3.49. The first-order valence-electron chi connectivity index (χ1n) is 7.03. The molecule has 0 bridgehead atoms. The molecule has 22 heavy (non-hydrogen) atoms. The fourth-order valence-corrected chi connectivity index (χ4v) is 2.21. The molecule has 1 N–H and O–H groups in total. The maximum atomic E-state index is 12.1. The van der Waals surface area contributed by atoms with Crippen molar-refractivity contribution in [3.05, 3.63) is 78.6 Å². The van der Waals surface area contributed by atoms with Crippen LogP contribution in [0, 0.1) is 0 Å². The number of aromatic nitrogens is 3. The van der Waals surface area contributed by atoms with Crippen LogP contribution in [0.4, 0.5) is 0 Å². The molecular weight excluding hydrogens is 276 g/mol. The second-order valence-electron chi connectivity index (χ2n) is 4.99. The fraction of sp³-hybridized carbons (Fsp3) is 0.118. The molecule has 0 saturated carbocycles. The molecule has 2 aromatic heterocycles. The lowest BCUT2D eigenvalue weighted by Gasteiger charge is -2.15. The number of carbonyl (C=O) groups is 1. The highest BCUT2D eigenvalue weighted by Gasteiger charge is 2.11. The van der Waals surface area contributed by atoms with Crippen LogP contribution >= 0.6 is 0 Å². The Labute approximate surface area is 128 Å². The highest BCUT2D eigenvalue weighted by atomic mass is 16.1. The van der Waals surface area contributed by atoms with Crippen LogP contribution in [0.15, 0.2) is 67.5 Å². The van der Waals surface area contributed by atoms with Gasteiger partial charge in [-0.05, 0) is 36.8 Å². The summed E-state index contributed by atoms with van der Waals surface area (Å²) in [5.74, 6) is -0.103. The van der Waals surface area contributed by atoms with Gasteiger partial charge in [0, 0.05) is 36.0 Å². The summed E-state index contributed by atoms with van der Waals surface area (Å²) in [6.07, 6.45) is 8.61. The van der Waals surface area contributed by atoms with Gasteiger partial charge >= 0.3 is 0 Å². The number of benzene rings is 1. The normalized spacial score (nSPS) is 11.9. The van der Waals surface area contributed by atoms with Crippen LogP contribution < -0.4 is 5.32 Å². The number of hydrogen-bond donors (Lipinski definition) is 1. The Morgan fingerprint density at radius 3 is 2.41 bits per heavy atom. The number of nitrogens with one attached hydrogen (secondary N) is 1. The summed E-state index contributed by atoms with van der Waals surface area (Å²) >= 11 is 0. The summed E-state index contributed by atoms with van der Waals surface area (Å²) in [6.45, 7) is 1.96. The number of pyridine rings is 1. The Morgan fingerprint density at radius 2 is 1.77 bits per heavy atom. The zero-order valence-electron chi connectivity index (χ0n) is 12.2. The molecular formula is C17H16N4O. The third-order valence-electron chi connectivity index (χ3n) is 3.49. The van der Waals surface area contributed by atoms with Gasteiger partial charge in [-0.3, -0.25) is 9.78 Å². The molecule has 1 aromatic carbocycles. The SMILES string of the molecule is C[C@H](NC(=O)c1ccncc1)c1ccc(-n2ccnc2)cc1. The van der Waals surface area contributed by atoms with Crippen molar-refractivity contribution in [2.45, 2.75) is 13.0 Å². The number of carbonyl (C=O) groups excluding carboxylic acids is 1. The van der Waals surface area contributed by atoms with Crippen molar-refractivity contribution < 1.29 is 4.79 Å². The quantitative estimate of drug-likeness (QED) is 0.804. The van der Waals surface area contributed by atoms with Crippen LogP contribution in [0.25, 0.3) is 5.69 Å². The minimum absolute atomic E-state index is 0.0718. The van der Waals surface area contributed by atoms with Gasteiger partial charge in [0.15, 0.2) is 0 Å². The van der Waals surface area contributed by atoms with E-state index in [4.69, 9.17) is 0 Å². The second-order valence-corrected chi connectivity index (χ2v) is 4.99. The first-order chi connectivity index (χ1) is 10.7. The van der Waals surface area contributed by atoms with Crippen LogP contribution in [-0.2, 0) is 0 Å². The van der Waals surface area contributed by atoms with Crippen molar-refractivity contribution in [2.24, 2.45) is 0 Å². The molecule has 2 heterocycles. The number of rotatable bonds is 4. The van der Waals surface area contributed by atoms with E-state index >= 15 is 0 Å². The summed E-state index contributed by atoms with van der Waals surface area (Å²) in [7, 11) is 0. The van der Waals surface area contributed by atoms with Gasteiger partial charge in [-0.15, -0.1) is 0 Å². The molecule has 1 atom stereocenters. The molecule has 0 aliphatic carbocycles. The van der Waals surface area contributed by atoms with Crippen LogP contribution in [0.2, 0.25) is 0 Å². The predicted molar refractivity (Wildman–Crippen MR) is 83.7 cm³/mol. The van der Waals surface area contributed by atoms with E-state index in [2.05, 4.69) is 15.3 Å². The lowest BCUT2D eigenvalue weighted by molar-refractivity contribution is 0.0940. The molecule has 0 aliphatic heterocycles. The number of hydrogen-bond acceptors (Lipinski definition) is 3. The monoisotopic (exact) mass is 292 g/mol. The van der Waals surface area contributed by atoms with Crippen molar-refractivity contribution in [3.8, 4) is 5.69 Å². The first-order valence-corrected chi connectivity index (χ1v) is 7.03. The highest BCUT2D eigenvalue weighted by Crippen LogP contribution is 2.16. The lowest BCUT2D eigenvalue weighted by atomic mass is 10.1. The number of imidazole rings is 1. The van der Waals surface area contributed by atoms with Gasteiger partial charge in [0.1, 0.15) is 0 Å². The first kappa shape index (κ1) is 14.0. The van der Waals surface area contributed by atoms with Crippen LogP contribution in [0.1, 0.15) is 28.9 Å². The molecule has 110 valence electrons. The van der Waals surface area contributed by atoms with Gasteiger partial charge in [0.05, 0.1) is 12.4 Å². The average Bonchev–Trinajstić information content (AvgIpc) is 3.10. The van der Waals surface area contributed by atoms with Gasteiger partial charge in [-0.25, -0.2) is 4.98 Å². The van der Waals surface area contributed by atoms with E-state index < -0.39 is 0 Å². The third kappa shape index (κ3) is 3.03. The van der Waals surface area contributed by atoms with Crippen molar-refractivity contribution >= 4 is 5.91 Å². The topological polar surface area (TPSA) is 59.8 Å². The highest BCUT2D eigenvalue weighted by molar-refractivity contribution is 5.94. The van der Waals surface area contributed by atoms with E-state index in [9.17, 15) is 4.79 Å². The Bertz CT molecular complexity index is 736. The summed E-state index contributed by atoms with van der Waals surface area (Å²) in [5.41, 5.74) is 2.69. The van der Waals surface area contributed by atoms with Crippen LogP contribution in [-0.4, -0.2) is 20.4 Å². The smallest absolute Gasteiger partial charge is 0.251 e. The van der Waals surface area contributed by atoms with Crippen LogP contribution in [0.3, 0.4) is 0 Å². The lowest BCUT2D eigenvalue weighted by Crippen LogP contribution is -2.26. The number of amides is 1.